The van der Waals surface area contributed by atoms with Gasteiger partial charge >= 0.3 is 73.2 Å². The first-order valence-corrected chi connectivity index (χ1v) is 5.45. The Morgan fingerprint density at radius 1 is 1.27 bits per heavy atom. The fourth-order valence-corrected chi connectivity index (χ4v) is 3.52. The molecule has 0 aromatic heterocycles. The van der Waals surface area contributed by atoms with E-state index in [0.717, 1.165) is 0 Å². The van der Waals surface area contributed by atoms with Gasteiger partial charge in [0.25, 0.3) is 0 Å². The van der Waals surface area contributed by atoms with Crippen LogP contribution in [0.2, 0.25) is 0 Å². The van der Waals surface area contributed by atoms with Crippen molar-refractivity contribution < 1.29 is 0 Å². The Labute approximate surface area is 73.6 Å². The molecule has 2 heteroatoms. The molecule has 0 spiro atoms. The predicted molar refractivity (Wildman–Crippen MR) is 48.0 cm³/mol. The number of rotatable bonds is 0. The topological polar surface area (TPSA) is 12.0 Å². The van der Waals surface area contributed by atoms with Crippen LogP contribution in [-0.4, -0.2) is 15.2 Å². The van der Waals surface area contributed by atoms with Crippen LogP contribution in [0, 0.1) is 0 Å². The molecule has 0 fully saturated rings. The molecule has 1 nitrogen and oxygen atoms in total. The van der Waals surface area contributed by atoms with E-state index < -0.39 is 0 Å². The molecule has 1 aromatic carbocycles. The Morgan fingerprint density at radius 2 is 2.00 bits per heavy atom. The molecule has 0 unspecified atom stereocenters. The summed E-state index contributed by atoms with van der Waals surface area (Å²) in [5.41, 5.74) is 1.68. The number of benzene rings is 1. The van der Waals surface area contributed by atoms with Crippen molar-refractivity contribution in [1.82, 2.24) is 4.33 Å². The minimum absolute atomic E-state index is 0.205. The molecule has 11 heavy (non-hydrogen) atoms. The quantitative estimate of drug-likeness (QED) is 0.626. The van der Waals surface area contributed by atoms with Crippen LogP contribution in [0.1, 0.15) is 19.4 Å². The minimum atomic E-state index is 0.205. The molecule has 0 bridgehead atoms. The Bertz CT molecular complexity index is 281. The van der Waals surface area contributed by atoms with E-state index in [9.17, 15) is 0 Å². The average Bonchev–Trinajstić information content (AvgIpc) is 2.29. The molecule has 1 aliphatic rings. The zero-order valence-electron chi connectivity index (χ0n) is 6.72. The third-order valence-electron chi connectivity index (χ3n) is 1.98. The van der Waals surface area contributed by atoms with E-state index >= 15 is 0 Å². The van der Waals surface area contributed by atoms with Gasteiger partial charge in [-0.05, 0) is 0 Å². The predicted octanol–water partition coefficient (Wildman–Crippen LogP) is 0.769. The van der Waals surface area contributed by atoms with E-state index in [1.54, 1.807) is 0 Å². The SMILES string of the molecule is CC1(C)N[Se]c2ccccc21. The van der Waals surface area contributed by atoms with Gasteiger partial charge in [-0.25, -0.2) is 0 Å². The molecule has 58 valence electrons. The molecule has 1 heterocycles. The first-order valence-electron chi connectivity index (χ1n) is 3.74. The van der Waals surface area contributed by atoms with Crippen LogP contribution in [0.4, 0.5) is 0 Å². The van der Waals surface area contributed by atoms with Gasteiger partial charge in [0, 0.05) is 0 Å². The second-order valence-electron chi connectivity index (χ2n) is 3.33. The first kappa shape index (κ1) is 7.35. The number of nitrogens with one attached hydrogen (secondary N) is 1. The van der Waals surface area contributed by atoms with Crippen LogP contribution in [0.3, 0.4) is 0 Å². The van der Waals surface area contributed by atoms with Gasteiger partial charge in [-0.3, -0.25) is 0 Å². The van der Waals surface area contributed by atoms with Crippen molar-refractivity contribution in [3.05, 3.63) is 29.8 Å². The van der Waals surface area contributed by atoms with Crippen molar-refractivity contribution in [3.63, 3.8) is 0 Å². The van der Waals surface area contributed by atoms with Crippen LogP contribution in [-0.2, 0) is 5.54 Å². The van der Waals surface area contributed by atoms with Crippen molar-refractivity contribution in [2.45, 2.75) is 19.4 Å². The molecule has 1 N–H and O–H groups in total. The van der Waals surface area contributed by atoms with Crippen LogP contribution in [0.5, 0.6) is 0 Å². The van der Waals surface area contributed by atoms with Gasteiger partial charge in [0.05, 0.1) is 0 Å². The van der Waals surface area contributed by atoms with Crippen LogP contribution < -0.4 is 8.79 Å². The van der Waals surface area contributed by atoms with Gasteiger partial charge in [0.2, 0.25) is 0 Å². The molecule has 0 saturated heterocycles. The van der Waals surface area contributed by atoms with Crippen molar-refractivity contribution in [1.29, 1.82) is 0 Å². The zero-order valence-corrected chi connectivity index (χ0v) is 8.43. The normalized spacial score (nSPS) is 19.8. The van der Waals surface area contributed by atoms with Crippen molar-refractivity contribution in [2.24, 2.45) is 0 Å². The second kappa shape index (κ2) is 2.34. The van der Waals surface area contributed by atoms with Crippen LogP contribution in [0.25, 0.3) is 0 Å². The van der Waals surface area contributed by atoms with E-state index in [1.165, 1.54) is 10.0 Å². The number of hydrogen-bond donors (Lipinski definition) is 1. The summed E-state index contributed by atoms with van der Waals surface area (Å²) in [5, 5.41) is 0. The molecule has 2 rings (SSSR count). The first-order chi connectivity index (χ1) is 5.20. The van der Waals surface area contributed by atoms with E-state index in [0.29, 0.717) is 15.2 Å². The maximum absolute atomic E-state index is 3.52. The molecule has 0 amide bonds. The molecular formula is C9H11NSe. The van der Waals surface area contributed by atoms with Gasteiger partial charge < -0.3 is 0 Å². The van der Waals surface area contributed by atoms with E-state index in [4.69, 9.17) is 0 Å². The molecule has 0 aliphatic carbocycles. The van der Waals surface area contributed by atoms with Gasteiger partial charge in [-0.15, -0.1) is 0 Å². The summed E-state index contributed by atoms with van der Waals surface area (Å²) >= 11 is 0.486. The van der Waals surface area contributed by atoms with Crippen LogP contribution >= 0.6 is 0 Å². The number of fused-ring (bicyclic) bond motifs is 1. The Balaban J connectivity index is 2.56. The Kier molecular flexibility index (Phi) is 1.57. The summed E-state index contributed by atoms with van der Waals surface area (Å²) in [6.45, 7) is 4.47. The van der Waals surface area contributed by atoms with Gasteiger partial charge in [0.15, 0.2) is 0 Å². The summed E-state index contributed by atoms with van der Waals surface area (Å²) < 4.78 is 5.03. The molecule has 0 radical (unpaired) electrons. The molecule has 0 atom stereocenters. The monoisotopic (exact) mass is 213 g/mol. The van der Waals surface area contributed by atoms with E-state index in [-0.39, 0.29) is 5.54 Å². The van der Waals surface area contributed by atoms with Crippen LogP contribution in [0.15, 0.2) is 24.3 Å². The van der Waals surface area contributed by atoms with Crippen molar-refractivity contribution >= 4 is 19.6 Å². The fraction of sp³-hybridized carbons (Fsp3) is 0.333. The average molecular weight is 212 g/mol. The summed E-state index contributed by atoms with van der Waals surface area (Å²) in [4.78, 5) is 0. The Hall–Kier alpha value is -0.301. The summed E-state index contributed by atoms with van der Waals surface area (Å²) in [7, 11) is 0. The van der Waals surface area contributed by atoms with Gasteiger partial charge in [-0.2, -0.15) is 0 Å². The standard InChI is InChI=1S/C9H11NSe/c1-9(2)7-5-3-4-6-8(7)11-10-9/h3-6,10H,1-2H3. The third-order valence-corrected chi connectivity index (χ3v) is 4.47. The van der Waals surface area contributed by atoms with E-state index in [1.807, 2.05) is 0 Å². The zero-order chi connectivity index (χ0) is 7.90. The maximum atomic E-state index is 3.52. The van der Waals surface area contributed by atoms with Crippen molar-refractivity contribution in [2.75, 3.05) is 0 Å². The van der Waals surface area contributed by atoms with Gasteiger partial charge in [0.1, 0.15) is 0 Å². The second-order valence-corrected chi connectivity index (χ2v) is 5.10. The molecule has 1 aromatic rings. The molecular weight excluding hydrogens is 201 g/mol. The summed E-state index contributed by atoms with van der Waals surface area (Å²) in [6, 6.07) is 8.67. The van der Waals surface area contributed by atoms with Crippen molar-refractivity contribution in [3.8, 4) is 0 Å². The number of hydrogen-bond acceptors (Lipinski definition) is 1. The molecule has 1 aliphatic heterocycles. The fourth-order valence-electron chi connectivity index (χ4n) is 1.31. The van der Waals surface area contributed by atoms with E-state index in [2.05, 4.69) is 42.4 Å². The third kappa shape index (κ3) is 1.12. The van der Waals surface area contributed by atoms with Gasteiger partial charge in [-0.1, -0.05) is 0 Å². The summed E-state index contributed by atoms with van der Waals surface area (Å²) in [5.74, 6) is 0. The molecule has 0 saturated carbocycles. The summed E-state index contributed by atoms with van der Waals surface area (Å²) in [6.07, 6.45) is 0. The Morgan fingerprint density at radius 3 is 2.73 bits per heavy atom.